The lowest BCUT2D eigenvalue weighted by molar-refractivity contribution is -0.129. The van der Waals surface area contributed by atoms with Crippen LogP contribution < -0.4 is 5.32 Å². The minimum Gasteiger partial charge on any atom is -0.340 e. The maximum absolute atomic E-state index is 13.1. The summed E-state index contributed by atoms with van der Waals surface area (Å²) in [6.07, 6.45) is 1.64. The van der Waals surface area contributed by atoms with Gasteiger partial charge in [0, 0.05) is 57.4 Å². The van der Waals surface area contributed by atoms with Crippen molar-refractivity contribution in [3.63, 3.8) is 0 Å². The lowest BCUT2D eigenvalue weighted by Crippen LogP contribution is -2.49. The number of carbonyl (C=O) groups is 2. The van der Waals surface area contributed by atoms with Crippen LogP contribution in [0.4, 0.5) is 5.69 Å². The van der Waals surface area contributed by atoms with Crippen LogP contribution in [-0.4, -0.2) is 81.4 Å². The molecule has 4 rings (SSSR count). The lowest BCUT2D eigenvalue weighted by atomic mass is 10.2. The van der Waals surface area contributed by atoms with Gasteiger partial charge in [0.05, 0.1) is 9.79 Å². The van der Waals surface area contributed by atoms with Crippen LogP contribution in [0.3, 0.4) is 0 Å². The van der Waals surface area contributed by atoms with Gasteiger partial charge in [-0.05, 0) is 49.2 Å². The van der Waals surface area contributed by atoms with Crippen LogP contribution in [0.2, 0.25) is 0 Å². The molecule has 2 amide bonds. The summed E-state index contributed by atoms with van der Waals surface area (Å²) >= 11 is 0. The molecular weight excluding hydrogens is 492 g/mol. The second-order valence-electron chi connectivity index (χ2n) is 8.53. The van der Waals surface area contributed by atoms with Crippen LogP contribution in [0.15, 0.2) is 58.3 Å². The number of amides is 2. The Morgan fingerprint density at radius 3 is 1.89 bits per heavy atom. The van der Waals surface area contributed by atoms with Gasteiger partial charge in [0.25, 0.3) is 5.91 Å². The fourth-order valence-corrected chi connectivity index (χ4v) is 7.24. The van der Waals surface area contributed by atoms with Crippen LogP contribution in [0.5, 0.6) is 0 Å². The van der Waals surface area contributed by atoms with Gasteiger partial charge in [-0.3, -0.25) is 9.59 Å². The standard InChI is InChI=1S/C23H28N4O6S2/c1-18(28)25-12-14-27(15-13-25)34(30,31)21-8-4-6-19(16-21)23(29)24-20-7-5-9-22(17-20)35(32,33)26-10-2-3-11-26/h4-9,16-17H,2-3,10-15H2,1H3,(H,24,29). The summed E-state index contributed by atoms with van der Waals surface area (Å²) in [4.78, 5) is 26.1. The normalized spacial score (nSPS) is 17.9. The fourth-order valence-electron chi connectivity index (χ4n) is 4.21. The topological polar surface area (TPSA) is 124 Å². The van der Waals surface area contributed by atoms with Crippen molar-refractivity contribution >= 4 is 37.5 Å². The van der Waals surface area contributed by atoms with E-state index in [9.17, 15) is 26.4 Å². The Morgan fingerprint density at radius 2 is 1.29 bits per heavy atom. The summed E-state index contributed by atoms with van der Waals surface area (Å²) in [7, 11) is -7.48. The first kappa shape index (κ1) is 25.3. The van der Waals surface area contributed by atoms with E-state index in [1.807, 2.05) is 0 Å². The Kier molecular flexibility index (Phi) is 7.27. The van der Waals surface area contributed by atoms with E-state index < -0.39 is 26.0 Å². The first-order valence-corrected chi connectivity index (χ1v) is 14.2. The van der Waals surface area contributed by atoms with Crippen molar-refractivity contribution < 1.29 is 26.4 Å². The van der Waals surface area contributed by atoms with E-state index in [4.69, 9.17) is 0 Å². The molecule has 0 bridgehead atoms. The van der Waals surface area contributed by atoms with Crippen molar-refractivity contribution in [3.05, 3.63) is 54.1 Å². The van der Waals surface area contributed by atoms with Crippen LogP contribution in [0.25, 0.3) is 0 Å². The summed E-state index contributed by atoms with van der Waals surface area (Å²) in [5.41, 5.74) is 0.421. The number of carbonyl (C=O) groups excluding carboxylic acids is 2. The molecule has 0 aliphatic carbocycles. The molecule has 0 spiro atoms. The Morgan fingerprint density at radius 1 is 0.743 bits per heavy atom. The van der Waals surface area contributed by atoms with Crippen LogP contribution >= 0.6 is 0 Å². The highest BCUT2D eigenvalue weighted by molar-refractivity contribution is 7.89. The predicted octanol–water partition coefficient (Wildman–Crippen LogP) is 1.58. The van der Waals surface area contributed by atoms with Crippen molar-refractivity contribution in [1.29, 1.82) is 0 Å². The average molecular weight is 521 g/mol. The quantitative estimate of drug-likeness (QED) is 0.617. The van der Waals surface area contributed by atoms with Gasteiger partial charge in [-0.25, -0.2) is 16.8 Å². The predicted molar refractivity (Wildman–Crippen MR) is 130 cm³/mol. The van der Waals surface area contributed by atoms with Gasteiger partial charge in [0.2, 0.25) is 26.0 Å². The van der Waals surface area contributed by atoms with Crippen molar-refractivity contribution in [1.82, 2.24) is 13.5 Å². The van der Waals surface area contributed by atoms with E-state index in [1.54, 1.807) is 17.0 Å². The molecule has 1 N–H and O–H groups in total. The Bertz CT molecular complexity index is 1330. The van der Waals surface area contributed by atoms with Gasteiger partial charge in [-0.2, -0.15) is 8.61 Å². The molecule has 0 atom stereocenters. The number of piperazine rings is 1. The molecule has 12 heteroatoms. The number of nitrogens with zero attached hydrogens (tertiary/aromatic N) is 3. The largest absolute Gasteiger partial charge is 0.340 e. The molecule has 0 saturated carbocycles. The van der Waals surface area contributed by atoms with E-state index in [2.05, 4.69) is 5.32 Å². The number of sulfonamides is 2. The zero-order chi connectivity index (χ0) is 25.2. The second kappa shape index (κ2) is 10.1. The number of hydrogen-bond acceptors (Lipinski definition) is 6. The average Bonchev–Trinajstić information content (AvgIpc) is 3.40. The summed E-state index contributed by atoms with van der Waals surface area (Å²) in [5, 5.41) is 2.66. The monoisotopic (exact) mass is 520 g/mol. The molecule has 0 unspecified atom stereocenters. The molecule has 2 aromatic carbocycles. The Hall–Kier alpha value is -2.80. The SMILES string of the molecule is CC(=O)N1CCN(S(=O)(=O)c2cccc(C(=O)Nc3cccc(S(=O)(=O)N4CCCC4)c3)c2)CC1. The smallest absolute Gasteiger partial charge is 0.255 e. The molecule has 0 radical (unpaired) electrons. The van der Waals surface area contributed by atoms with E-state index in [1.165, 1.54) is 51.9 Å². The number of hydrogen-bond donors (Lipinski definition) is 1. The molecule has 10 nitrogen and oxygen atoms in total. The molecule has 188 valence electrons. The highest BCUT2D eigenvalue weighted by Gasteiger charge is 2.30. The van der Waals surface area contributed by atoms with Crippen molar-refractivity contribution in [2.24, 2.45) is 0 Å². The zero-order valence-corrected chi connectivity index (χ0v) is 21.0. The second-order valence-corrected chi connectivity index (χ2v) is 12.4. The summed E-state index contributed by atoms with van der Waals surface area (Å²) < 4.78 is 54.6. The van der Waals surface area contributed by atoms with Crippen LogP contribution in [0.1, 0.15) is 30.1 Å². The van der Waals surface area contributed by atoms with Crippen molar-refractivity contribution in [2.75, 3.05) is 44.6 Å². The highest BCUT2D eigenvalue weighted by Crippen LogP contribution is 2.24. The van der Waals surface area contributed by atoms with Gasteiger partial charge in [-0.1, -0.05) is 12.1 Å². The minimum absolute atomic E-state index is 0.0215. The fraction of sp³-hybridized carbons (Fsp3) is 0.391. The zero-order valence-electron chi connectivity index (χ0n) is 19.4. The Labute approximate surface area is 205 Å². The van der Waals surface area contributed by atoms with E-state index in [0.29, 0.717) is 31.9 Å². The van der Waals surface area contributed by atoms with E-state index in [-0.39, 0.29) is 34.4 Å². The first-order chi connectivity index (χ1) is 16.6. The maximum Gasteiger partial charge on any atom is 0.255 e. The third-order valence-electron chi connectivity index (χ3n) is 6.21. The number of rotatable bonds is 6. The van der Waals surface area contributed by atoms with Gasteiger partial charge < -0.3 is 10.2 Å². The summed E-state index contributed by atoms with van der Waals surface area (Å²) in [6, 6.07) is 11.7. The van der Waals surface area contributed by atoms with Gasteiger partial charge in [-0.15, -0.1) is 0 Å². The van der Waals surface area contributed by atoms with E-state index >= 15 is 0 Å². The number of nitrogens with one attached hydrogen (secondary N) is 1. The molecule has 35 heavy (non-hydrogen) atoms. The molecule has 2 aliphatic rings. The van der Waals surface area contributed by atoms with Crippen molar-refractivity contribution in [2.45, 2.75) is 29.6 Å². The third kappa shape index (κ3) is 5.40. The number of benzene rings is 2. The Balaban J connectivity index is 1.49. The molecule has 2 saturated heterocycles. The minimum atomic E-state index is -3.85. The van der Waals surface area contributed by atoms with Gasteiger partial charge in [0.15, 0.2) is 0 Å². The molecule has 2 fully saturated rings. The van der Waals surface area contributed by atoms with E-state index in [0.717, 1.165) is 12.8 Å². The van der Waals surface area contributed by atoms with Crippen LogP contribution in [-0.2, 0) is 24.8 Å². The van der Waals surface area contributed by atoms with Gasteiger partial charge >= 0.3 is 0 Å². The summed E-state index contributed by atoms with van der Waals surface area (Å²) in [5.74, 6) is -0.655. The maximum atomic E-state index is 13.1. The molecule has 0 aromatic heterocycles. The highest BCUT2D eigenvalue weighted by atomic mass is 32.2. The lowest BCUT2D eigenvalue weighted by Gasteiger charge is -2.33. The number of anilines is 1. The molecular formula is C23H28N4O6S2. The molecule has 2 heterocycles. The van der Waals surface area contributed by atoms with Gasteiger partial charge in [0.1, 0.15) is 0 Å². The molecule has 2 aromatic rings. The first-order valence-electron chi connectivity index (χ1n) is 11.4. The van der Waals surface area contributed by atoms with Crippen LogP contribution in [0, 0.1) is 0 Å². The third-order valence-corrected chi connectivity index (χ3v) is 10.0. The van der Waals surface area contributed by atoms with Crippen molar-refractivity contribution in [3.8, 4) is 0 Å². The molecule has 2 aliphatic heterocycles. The summed E-state index contributed by atoms with van der Waals surface area (Å²) in [6.45, 7) is 3.38.